The van der Waals surface area contributed by atoms with Gasteiger partial charge in [-0.25, -0.2) is 4.39 Å². The second kappa shape index (κ2) is 7.26. The van der Waals surface area contributed by atoms with Crippen LogP contribution in [-0.2, 0) is 25.7 Å². The average molecular weight is 375 g/mol. The van der Waals surface area contributed by atoms with E-state index in [1.54, 1.807) is 26.8 Å². The average Bonchev–Trinajstić information content (AvgIpc) is 3.26. The molecule has 1 aromatic rings. The Bertz CT molecular complexity index is 754. The van der Waals surface area contributed by atoms with E-state index in [-0.39, 0.29) is 48.8 Å². The van der Waals surface area contributed by atoms with E-state index in [0.29, 0.717) is 32.6 Å². The molecule has 0 N–H and O–H groups in total. The third kappa shape index (κ3) is 3.66. The maximum atomic E-state index is 13.1. The maximum Gasteiger partial charge on any atom is 0.249 e. The van der Waals surface area contributed by atoms with Crippen molar-refractivity contribution >= 4 is 17.7 Å². The molecule has 4 rings (SSSR count). The molecule has 3 fully saturated rings. The first-order chi connectivity index (χ1) is 13.0. The standard InChI is InChI=1S/C19H22FN3O4/c20-14-5-3-13(4-6-14)8-23-15-9-22(10-16(15)27-12-19(23)26)18(25)11-21-7-1-2-17(21)24/h3-6,15-16H,1-2,7-12H2/t15-,16-/m1/s1. The number of likely N-dealkylation sites (tertiary alicyclic amines) is 2. The minimum absolute atomic E-state index is 0.0179. The van der Waals surface area contributed by atoms with Crippen LogP contribution in [0.1, 0.15) is 18.4 Å². The molecular formula is C19H22FN3O4. The number of fused-ring (bicyclic) bond motifs is 1. The third-order valence-electron chi connectivity index (χ3n) is 5.49. The lowest BCUT2D eigenvalue weighted by molar-refractivity contribution is -0.153. The molecule has 0 aromatic heterocycles. The van der Waals surface area contributed by atoms with Gasteiger partial charge in [0.15, 0.2) is 0 Å². The zero-order chi connectivity index (χ0) is 19.0. The zero-order valence-electron chi connectivity index (χ0n) is 15.0. The van der Waals surface area contributed by atoms with Crippen LogP contribution in [0.5, 0.6) is 0 Å². The highest BCUT2D eigenvalue weighted by Gasteiger charge is 2.44. The van der Waals surface area contributed by atoms with Gasteiger partial charge in [0.25, 0.3) is 0 Å². The van der Waals surface area contributed by atoms with Gasteiger partial charge in [-0.1, -0.05) is 12.1 Å². The van der Waals surface area contributed by atoms with Crippen molar-refractivity contribution < 1.29 is 23.5 Å². The predicted molar refractivity (Wildman–Crippen MR) is 92.9 cm³/mol. The molecule has 3 saturated heterocycles. The lowest BCUT2D eigenvalue weighted by Crippen LogP contribution is -2.53. The highest BCUT2D eigenvalue weighted by molar-refractivity contribution is 5.86. The Hall–Kier alpha value is -2.48. The number of halogens is 1. The second-order valence-corrected chi connectivity index (χ2v) is 7.28. The number of morpholine rings is 1. The van der Waals surface area contributed by atoms with Gasteiger partial charge in [-0.15, -0.1) is 0 Å². The molecule has 27 heavy (non-hydrogen) atoms. The van der Waals surface area contributed by atoms with Gasteiger partial charge in [0, 0.05) is 32.6 Å². The largest absolute Gasteiger partial charge is 0.364 e. The Morgan fingerprint density at radius 3 is 2.63 bits per heavy atom. The summed E-state index contributed by atoms with van der Waals surface area (Å²) in [6.07, 6.45) is 1.06. The molecule has 0 aliphatic carbocycles. The fraction of sp³-hybridized carbons (Fsp3) is 0.526. The van der Waals surface area contributed by atoms with Crippen LogP contribution in [0.25, 0.3) is 0 Å². The lowest BCUT2D eigenvalue weighted by Gasteiger charge is -2.36. The molecule has 0 radical (unpaired) electrons. The SMILES string of the molecule is O=C1CCCN1CC(=O)N1C[C@@H]2[C@@H](C1)OCC(=O)N2Cc1ccc(F)cc1. The minimum atomic E-state index is -0.320. The van der Waals surface area contributed by atoms with Crippen LogP contribution in [0.15, 0.2) is 24.3 Å². The highest BCUT2D eigenvalue weighted by Crippen LogP contribution is 2.26. The number of carbonyl (C=O) groups is 3. The minimum Gasteiger partial charge on any atom is -0.364 e. The number of hydrogen-bond donors (Lipinski definition) is 0. The van der Waals surface area contributed by atoms with E-state index >= 15 is 0 Å². The van der Waals surface area contributed by atoms with Crippen molar-refractivity contribution in [3.8, 4) is 0 Å². The summed E-state index contributed by atoms with van der Waals surface area (Å²) >= 11 is 0. The van der Waals surface area contributed by atoms with Gasteiger partial charge in [-0.05, 0) is 24.1 Å². The summed E-state index contributed by atoms with van der Waals surface area (Å²) in [4.78, 5) is 41.7. The van der Waals surface area contributed by atoms with Crippen molar-refractivity contribution in [1.29, 1.82) is 0 Å². The Kier molecular flexibility index (Phi) is 4.82. The van der Waals surface area contributed by atoms with E-state index in [9.17, 15) is 18.8 Å². The van der Waals surface area contributed by atoms with Crippen molar-refractivity contribution in [3.63, 3.8) is 0 Å². The van der Waals surface area contributed by atoms with Crippen LogP contribution < -0.4 is 0 Å². The topological polar surface area (TPSA) is 70.2 Å². The Morgan fingerprint density at radius 1 is 1.15 bits per heavy atom. The van der Waals surface area contributed by atoms with Crippen LogP contribution in [0.2, 0.25) is 0 Å². The number of ether oxygens (including phenoxy) is 1. The van der Waals surface area contributed by atoms with Gasteiger partial charge < -0.3 is 19.4 Å². The molecule has 144 valence electrons. The smallest absolute Gasteiger partial charge is 0.249 e. The number of rotatable bonds is 4. The van der Waals surface area contributed by atoms with Crippen molar-refractivity contribution in [2.75, 3.05) is 32.8 Å². The first kappa shape index (κ1) is 17.9. The summed E-state index contributed by atoms with van der Waals surface area (Å²) in [5, 5.41) is 0. The van der Waals surface area contributed by atoms with Gasteiger partial charge in [0.05, 0.1) is 18.7 Å². The van der Waals surface area contributed by atoms with Crippen LogP contribution in [0.4, 0.5) is 4.39 Å². The Labute approximate surface area is 156 Å². The van der Waals surface area contributed by atoms with Crippen LogP contribution in [-0.4, -0.2) is 77.4 Å². The quantitative estimate of drug-likeness (QED) is 0.763. The molecule has 0 saturated carbocycles. The number of hydrogen-bond acceptors (Lipinski definition) is 4. The molecule has 2 atom stereocenters. The summed E-state index contributed by atoms with van der Waals surface area (Å²) in [5.74, 6) is -0.551. The first-order valence-electron chi connectivity index (χ1n) is 9.22. The molecule has 3 aliphatic heterocycles. The second-order valence-electron chi connectivity index (χ2n) is 7.28. The fourth-order valence-electron chi connectivity index (χ4n) is 4.00. The first-order valence-corrected chi connectivity index (χ1v) is 9.22. The van der Waals surface area contributed by atoms with E-state index in [4.69, 9.17) is 4.74 Å². The van der Waals surface area contributed by atoms with E-state index < -0.39 is 0 Å². The van der Waals surface area contributed by atoms with Crippen LogP contribution >= 0.6 is 0 Å². The van der Waals surface area contributed by atoms with Crippen molar-refractivity contribution in [2.24, 2.45) is 0 Å². The highest BCUT2D eigenvalue weighted by atomic mass is 19.1. The van der Waals surface area contributed by atoms with Gasteiger partial charge in [-0.3, -0.25) is 14.4 Å². The molecule has 3 aliphatic rings. The summed E-state index contributed by atoms with van der Waals surface area (Å²) in [6, 6.07) is 5.83. The van der Waals surface area contributed by atoms with Gasteiger partial charge >= 0.3 is 0 Å². The molecule has 7 nitrogen and oxygen atoms in total. The summed E-state index contributed by atoms with van der Waals surface area (Å²) in [7, 11) is 0. The van der Waals surface area contributed by atoms with Gasteiger partial charge in [0.2, 0.25) is 17.7 Å². The van der Waals surface area contributed by atoms with E-state index in [0.717, 1.165) is 12.0 Å². The monoisotopic (exact) mass is 375 g/mol. The molecule has 8 heteroatoms. The summed E-state index contributed by atoms with van der Waals surface area (Å²) in [6.45, 7) is 1.85. The Balaban J connectivity index is 1.43. The fourth-order valence-corrected chi connectivity index (χ4v) is 4.00. The molecular weight excluding hydrogens is 353 g/mol. The number of amides is 3. The van der Waals surface area contributed by atoms with E-state index in [2.05, 4.69) is 0 Å². The predicted octanol–water partition coefficient (Wildman–Crippen LogP) is 0.386. The van der Waals surface area contributed by atoms with Crippen molar-refractivity contribution in [3.05, 3.63) is 35.6 Å². The molecule has 0 spiro atoms. The Morgan fingerprint density at radius 2 is 1.93 bits per heavy atom. The third-order valence-corrected chi connectivity index (χ3v) is 5.49. The van der Waals surface area contributed by atoms with Crippen LogP contribution in [0, 0.1) is 5.82 Å². The van der Waals surface area contributed by atoms with E-state index in [1.807, 2.05) is 0 Å². The lowest BCUT2D eigenvalue weighted by atomic mass is 10.1. The zero-order valence-corrected chi connectivity index (χ0v) is 15.0. The number of carbonyl (C=O) groups excluding carboxylic acids is 3. The number of benzene rings is 1. The van der Waals surface area contributed by atoms with Gasteiger partial charge in [0.1, 0.15) is 12.4 Å². The number of nitrogens with zero attached hydrogens (tertiary/aromatic N) is 3. The normalized spacial score (nSPS) is 25.3. The van der Waals surface area contributed by atoms with Crippen molar-refractivity contribution in [1.82, 2.24) is 14.7 Å². The van der Waals surface area contributed by atoms with Crippen molar-refractivity contribution in [2.45, 2.75) is 31.5 Å². The molecule has 1 aromatic carbocycles. The summed E-state index contributed by atoms with van der Waals surface area (Å²) < 4.78 is 18.8. The molecule has 3 amide bonds. The van der Waals surface area contributed by atoms with Gasteiger partial charge in [-0.2, -0.15) is 0 Å². The summed E-state index contributed by atoms with van der Waals surface area (Å²) in [5.41, 5.74) is 0.831. The maximum absolute atomic E-state index is 13.1. The molecule has 0 unspecified atom stereocenters. The molecule has 3 heterocycles. The molecule has 0 bridgehead atoms. The van der Waals surface area contributed by atoms with E-state index in [1.165, 1.54) is 12.1 Å². The van der Waals surface area contributed by atoms with Crippen LogP contribution in [0.3, 0.4) is 0 Å².